The van der Waals surface area contributed by atoms with Crippen LogP contribution in [0.25, 0.3) is 10.7 Å². The van der Waals surface area contributed by atoms with Gasteiger partial charge < -0.3 is 9.42 Å². The molecule has 0 N–H and O–H groups in total. The Kier molecular flexibility index (Phi) is 6.93. The van der Waals surface area contributed by atoms with E-state index < -0.39 is 0 Å². The number of rotatable bonds is 8. The molecule has 3 aromatic rings. The molecule has 5 nitrogen and oxygen atoms in total. The van der Waals surface area contributed by atoms with E-state index in [1.54, 1.807) is 28.0 Å². The number of thiophene rings is 1. The second-order valence-electron chi connectivity index (χ2n) is 5.81. The molecular formula is C19H20ClN3O2S2. The molecule has 8 heteroatoms. The number of carbonyl (C=O) groups excluding carboxylic acids is 1. The molecule has 1 aromatic carbocycles. The predicted molar refractivity (Wildman–Crippen MR) is 110 cm³/mol. The average molecular weight is 422 g/mol. The monoisotopic (exact) mass is 421 g/mol. The van der Waals surface area contributed by atoms with E-state index in [1.807, 2.05) is 55.6 Å². The predicted octanol–water partition coefficient (Wildman–Crippen LogP) is 5.37. The summed E-state index contributed by atoms with van der Waals surface area (Å²) in [6.07, 6.45) is 0.729. The van der Waals surface area contributed by atoms with Crippen LogP contribution in [0.2, 0.25) is 5.02 Å². The van der Waals surface area contributed by atoms with Crippen LogP contribution in [0.5, 0.6) is 0 Å². The zero-order valence-electron chi connectivity index (χ0n) is 15.1. The zero-order valence-corrected chi connectivity index (χ0v) is 17.5. The maximum absolute atomic E-state index is 13.0. The first-order valence-electron chi connectivity index (χ1n) is 8.68. The van der Waals surface area contributed by atoms with Crippen LogP contribution in [0.3, 0.4) is 0 Å². The van der Waals surface area contributed by atoms with Gasteiger partial charge in [0.05, 0.1) is 10.1 Å². The van der Waals surface area contributed by atoms with Gasteiger partial charge in [0.25, 0.3) is 0 Å². The topological polar surface area (TPSA) is 59.2 Å². The number of aromatic nitrogens is 2. The fraction of sp³-hybridized carbons (Fsp3) is 0.316. The van der Waals surface area contributed by atoms with Crippen LogP contribution in [0, 0.1) is 0 Å². The number of hydrogen-bond donors (Lipinski definition) is 0. The van der Waals surface area contributed by atoms with Gasteiger partial charge in [-0.25, -0.2) is 0 Å². The van der Waals surface area contributed by atoms with E-state index in [0.717, 1.165) is 16.2 Å². The van der Waals surface area contributed by atoms with Gasteiger partial charge in [0.2, 0.25) is 17.6 Å². The second-order valence-corrected chi connectivity index (χ2v) is 8.47. The Balaban J connectivity index is 1.67. The first-order chi connectivity index (χ1) is 13.1. The van der Waals surface area contributed by atoms with Gasteiger partial charge in [-0.05, 0) is 49.1 Å². The highest BCUT2D eigenvalue weighted by Crippen LogP contribution is 2.28. The summed E-state index contributed by atoms with van der Waals surface area (Å²) in [6.45, 7) is 4.85. The van der Waals surface area contributed by atoms with Crippen molar-refractivity contribution in [3.05, 3.63) is 52.7 Å². The minimum atomic E-state index is -0.175. The molecule has 0 saturated carbocycles. The van der Waals surface area contributed by atoms with Gasteiger partial charge in [-0.2, -0.15) is 4.98 Å². The van der Waals surface area contributed by atoms with Crippen molar-refractivity contribution in [2.24, 2.45) is 0 Å². The Labute approximate surface area is 171 Å². The molecule has 1 amide bonds. The zero-order chi connectivity index (χ0) is 19.2. The maximum atomic E-state index is 13.0. The van der Waals surface area contributed by atoms with Gasteiger partial charge in [-0.1, -0.05) is 29.7 Å². The Morgan fingerprint density at radius 1 is 1.30 bits per heavy atom. The molecule has 0 aliphatic carbocycles. The quantitative estimate of drug-likeness (QED) is 0.457. The van der Waals surface area contributed by atoms with Gasteiger partial charge in [-0.3, -0.25) is 4.79 Å². The molecule has 27 heavy (non-hydrogen) atoms. The van der Waals surface area contributed by atoms with Crippen molar-refractivity contribution in [3.63, 3.8) is 0 Å². The standard InChI is InChI=1S/C19H20ClN3O2S2/c1-3-15(27-14-9-7-13(20)8-10-14)19(24)23(4-2)12-17-21-18(22-25-17)16-6-5-11-26-16/h5-11,15H,3-4,12H2,1-2H3. The maximum Gasteiger partial charge on any atom is 0.246 e. The van der Waals surface area contributed by atoms with Gasteiger partial charge in [0.1, 0.15) is 6.54 Å². The number of hydrogen-bond acceptors (Lipinski definition) is 6. The van der Waals surface area contributed by atoms with Gasteiger partial charge in [-0.15, -0.1) is 23.1 Å². The Morgan fingerprint density at radius 2 is 2.07 bits per heavy atom. The normalized spacial score (nSPS) is 12.1. The van der Waals surface area contributed by atoms with Crippen LogP contribution < -0.4 is 0 Å². The average Bonchev–Trinajstić information content (AvgIpc) is 3.36. The molecule has 0 fully saturated rings. The van der Waals surface area contributed by atoms with Crippen LogP contribution in [-0.2, 0) is 11.3 Å². The largest absolute Gasteiger partial charge is 0.337 e. The van der Waals surface area contributed by atoms with Gasteiger partial charge in [0.15, 0.2) is 0 Å². The number of nitrogens with zero attached hydrogens (tertiary/aromatic N) is 3. The summed E-state index contributed by atoms with van der Waals surface area (Å²) in [5, 5.41) is 6.49. The van der Waals surface area contributed by atoms with E-state index >= 15 is 0 Å². The fourth-order valence-electron chi connectivity index (χ4n) is 2.52. The van der Waals surface area contributed by atoms with Crippen molar-refractivity contribution in [2.75, 3.05) is 6.54 Å². The van der Waals surface area contributed by atoms with E-state index in [2.05, 4.69) is 10.1 Å². The van der Waals surface area contributed by atoms with Crippen molar-refractivity contribution in [3.8, 4) is 10.7 Å². The van der Waals surface area contributed by atoms with Crippen LogP contribution in [0.15, 0.2) is 51.2 Å². The minimum Gasteiger partial charge on any atom is -0.337 e. The highest BCUT2D eigenvalue weighted by molar-refractivity contribution is 8.00. The van der Waals surface area contributed by atoms with E-state index in [4.69, 9.17) is 16.1 Å². The highest BCUT2D eigenvalue weighted by atomic mass is 35.5. The van der Waals surface area contributed by atoms with Crippen molar-refractivity contribution in [2.45, 2.75) is 37.0 Å². The lowest BCUT2D eigenvalue weighted by Crippen LogP contribution is -2.37. The smallest absolute Gasteiger partial charge is 0.246 e. The molecular weight excluding hydrogens is 402 g/mol. The molecule has 0 aliphatic heterocycles. The third-order valence-electron chi connectivity index (χ3n) is 3.97. The lowest BCUT2D eigenvalue weighted by Gasteiger charge is -2.24. The van der Waals surface area contributed by atoms with Gasteiger partial charge in [0, 0.05) is 16.5 Å². The van der Waals surface area contributed by atoms with Crippen LogP contribution in [-0.4, -0.2) is 32.7 Å². The molecule has 1 atom stereocenters. The molecule has 0 saturated heterocycles. The van der Waals surface area contributed by atoms with E-state index in [1.165, 1.54) is 0 Å². The first kappa shape index (κ1) is 19.9. The van der Waals surface area contributed by atoms with E-state index in [0.29, 0.717) is 29.8 Å². The lowest BCUT2D eigenvalue weighted by atomic mass is 10.3. The number of amides is 1. The van der Waals surface area contributed by atoms with Crippen molar-refractivity contribution < 1.29 is 9.32 Å². The summed E-state index contributed by atoms with van der Waals surface area (Å²) in [7, 11) is 0. The molecule has 0 aliphatic rings. The molecule has 2 heterocycles. The summed E-state index contributed by atoms with van der Waals surface area (Å²) < 4.78 is 5.35. The molecule has 142 valence electrons. The Hall–Kier alpha value is -1.83. The van der Waals surface area contributed by atoms with E-state index in [9.17, 15) is 4.79 Å². The molecule has 2 aromatic heterocycles. The number of thioether (sulfide) groups is 1. The minimum absolute atomic E-state index is 0.0656. The molecule has 3 rings (SSSR count). The van der Waals surface area contributed by atoms with Crippen LogP contribution >= 0.6 is 34.7 Å². The first-order valence-corrected chi connectivity index (χ1v) is 10.8. The van der Waals surface area contributed by atoms with Crippen molar-refractivity contribution in [1.29, 1.82) is 0 Å². The van der Waals surface area contributed by atoms with Crippen LogP contribution in [0.1, 0.15) is 26.2 Å². The number of carbonyl (C=O) groups is 1. The summed E-state index contributed by atoms with van der Waals surface area (Å²) in [6, 6.07) is 11.4. The van der Waals surface area contributed by atoms with Gasteiger partial charge >= 0.3 is 0 Å². The SMILES string of the molecule is CCC(Sc1ccc(Cl)cc1)C(=O)N(CC)Cc1nc(-c2cccs2)no1. The lowest BCUT2D eigenvalue weighted by molar-refractivity contribution is -0.131. The number of halogens is 1. The molecule has 0 spiro atoms. The Morgan fingerprint density at radius 3 is 2.70 bits per heavy atom. The molecule has 0 radical (unpaired) electrons. The summed E-state index contributed by atoms with van der Waals surface area (Å²) in [5.41, 5.74) is 0. The van der Waals surface area contributed by atoms with Crippen molar-refractivity contribution >= 4 is 40.6 Å². The van der Waals surface area contributed by atoms with Crippen molar-refractivity contribution in [1.82, 2.24) is 15.0 Å². The van der Waals surface area contributed by atoms with Crippen LogP contribution in [0.4, 0.5) is 0 Å². The molecule has 1 unspecified atom stereocenters. The summed E-state index contributed by atoms with van der Waals surface area (Å²) in [5.74, 6) is 1.07. The third kappa shape index (κ3) is 5.12. The second kappa shape index (κ2) is 9.39. The number of benzene rings is 1. The Bertz CT molecular complexity index is 865. The fourth-order valence-corrected chi connectivity index (χ4v) is 4.34. The summed E-state index contributed by atoms with van der Waals surface area (Å²) >= 11 is 9.04. The highest BCUT2D eigenvalue weighted by Gasteiger charge is 2.25. The third-order valence-corrected chi connectivity index (χ3v) is 6.45. The summed E-state index contributed by atoms with van der Waals surface area (Å²) in [4.78, 5) is 21.1. The van der Waals surface area contributed by atoms with E-state index in [-0.39, 0.29) is 11.2 Å². The molecule has 0 bridgehead atoms.